The van der Waals surface area contributed by atoms with Crippen molar-refractivity contribution in [1.82, 2.24) is 0 Å². The average Bonchev–Trinajstić information content (AvgIpc) is 2.82. The van der Waals surface area contributed by atoms with Crippen molar-refractivity contribution in [2.24, 2.45) is 0 Å². The lowest BCUT2D eigenvalue weighted by atomic mass is 10.2. The predicted octanol–water partition coefficient (Wildman–Crippen LogP) is 16.4. The van der Waals surface area contributed by atoms with E-state index in [9.17, 15) is 0 Å². The van der Waals surface area contributed by atoms with Crippen molar-refractivity contribution in [2.45, 2.75) is 272 Å². The van der Waals surface area contributed by atoms with Gasteiger partial charge in [0.1, 0.15) is 0 Å². The zero-order chi connectivity index (χ0) is 41.6. The highest BCUT2D eigenvalue weighted by molar-refractivity contribution is 8.05. The Balaban J connectivity index is 9.96. The van der Waals surface area contributed by atoms with Gasteiger partial charge in [-0.25, -0.2) is 0 Å². The Kier molecular flexibility index (Phi) is 14.8. The molecule has 0 saturated carbocycles. The molecular formula is C42H100Si8. The van der Waals surface area contributed by atoms with E-state index in [0.717, 1.165) is 0 Å². The second kappa shape index (κ2) is 14.3. The molecule has 0 amide bonds. The lowest BCUT2D eigenvalue weighted by molar-refractivity contribution is 0.625. The molecule has 0 nitrogen and oxygen atoms in total. The monoisotopic (exact) mass is 829 g/mol. The van der Waals surface area contributed by atoms with Crippen LogP contribution in [-0.2, 0) is 0 Å². The van der Waals surface area contributed by atoms with Crippen LogP contribution in [0.4, 0.5) is 0 Å². The second-order valence-electron chi connectivity index (χ2n) is 26.6. The van der Waals surface area contributed by atoms with Crippen molar-refractivity contribution in [3.05, 3.63) is 0 Å². The molecule has 0 spiro atoms. The fourth-order valence-electron chi connectivity index (χ4n) is 12.4. The molecule has 0 rings (SSSR count). The van der Waals surface area contributed by atoms with Crippen LogP contribution < -0.4 is 0 Å². The summed E-state index contributed by atoms with van der Waals surface area (Å²) in [4.78, 5) is 0. The van der Waals surface area contributed by atoms with Gasteiger partial charge >= 0.3 is 0 Å². The first-order valence-electron chi connectivity index (χ1n) is 20.9. The molecule has 8 heteroatoms. The fraction of sp³-hybridized carbons (Fsp3) is 1.00. The molecule has 0 aromatic heterocycles. The van der Waals surface area contributed by atoms with Gasteiger partial charge in [0.05, 0.1) is 0 Å². The third-order valence-electron chi connectivity index (χ3n) is 17.7. The first-order chi connectivity index (χ1) is 21.1. The summed E-state index contributed by atoms with van der Waals surface area (Å²) in [5.74, 6) is 0. The van der Waals surface area contributed by atoms with E-state index >= 15 is 0 Å². The third-order valence-corrected chi connectivity index (χ3v) is 183. The van der Waals surface area contributed by atoms with Crippen molar-refractivity contribution >= 4 is 59.3 Å². The number of hydrogen-bond donors (Lipinski definition) is 0. The molecule has 0 aliphatic rings. The van der Waals surface area contributed by atoms with Gasteiger partial charge in [0.25, 0.3) is 0 Å². The van der Waals surface area contributed by atoms with Gasteiger partial charge < -0.3 is 0 Å². The minimum Gasteiger partial charge on any atom is -0.0737 e. The normalized spacial score (nSPS) is 18.8. The van der Waals surface area contributed by atoms with E-state index in [-0.39, 0.29) is 0 Å². The molecule has 2 radical (unpaired) electrons. The van der Waals surface area contributed by atoms with Crippen LogP contribution in [-0.4, -0.2) is 59.3 Å². The zero-order valence-electron chi connectivity index (χ0n) is 41.4. The van der Waals surface area contributed by atoms with Crippen molar-refractivity contribution in [2.75, 3.05) is 0 Å². The van der Waals surface area contributed by atoms with Crippen LogP contribution in [0.3, 0.4) is 0 Å². The summed E-state index contributed by atoms with van der Waals surface area (Å²) < 4.78 is 0. The molecule has 0 saturated heterocycles. The standard InChI is InChI=1S/C42H100Si8/c1-33-45(27,43(47(29,35(3,4)5)36(6,7)8)48(30,37(9,10)11)38(12,13)14)46(28,34-2)44(49(31,39(15,16)17)40(18,19)20)50(32,41(21,22)23)42(24,25)26/h33-34H2,1-32H3. The number of hydrogen-bond acceptors (Lipinski definition) is 0. The van der Waals surface area contributed by atoms with Gasteiger partial charge in [-0.15, -0.1) is 0 Å². The maximum Gasteiger partial charge on any atom is 0.0471 e. The highest BCUT2D eigenvalue weighted by Gasteiger charge is 2.78. The zero-order valence-corrected chi connectivity index (χ0v) is 49.4. The summed E-state index contributed by atoms with van der Waals surface area (Å²) in [6.45, 7) is 90.3. The van der Waals surface area contributed by atoms with Crippen LogP contribution in [0.15, 0.2) is 0 Å². The molecular weight excluding hydrogens is 729 g/mol. The second-order valence-corrected chi connectivity index (χ2v) is 102. The molecule has 0 aromatic carbocycles. The summed E-state index contributed by atoms with van der Waals surface area (Å²) in [5.41, 5.74) is 0. The van der Waals surface area contributed by atoms with E-state index in [0.29, 0.717) is 40.3 Å². The largest absolute Gasteiger partial charge is 0.0737 e. The van der Waals surface area contributed by atoms with Crippen LogP contribution in [0.2, 0.25) is 91.7 Å². The molecule has 0 aromatic rings. The molecule has 0 aliphatic heterocycles. The lowest BCUT2D eigenvalue weighted by Crippen LogP contribution is -2.96. The van der Waals surface area contributed by atoms with Gasteiger partial charge in [-0.2, -0.15) is 0 Å². The predicted molar refractivity (Wildman–Crippen MR) is 260 cm³/mol. The SMILES string of the molecule is CC[Si](C)([Si]([Si](C)(C(C)(C)C)C(C)(C)C)[Si](C)(C(C)(C)C)C(C)(C)C)[Si](C)(CC)[Si]([Si](C)(C(C)(C)C)C(C)(C)C)[Si](C)(C(C)(C)C)C(C)(C)C. The Labute approximate surface area is 328 Å². The van der Waals surface area contributed by atoms with Crippen LogP contribution >= 0.6 is 0 Å². The molecule has 0 fully saturated rings. The summed E-state index contributed by atoms with van der Waals surface area (Å²) in [6, 6.07) is 3.07. The van der Waals surface area contributed by atoms with E-state index in [1.165, 1.54) is 12.1 Å². The van der Waals surface area contributed by atoms with Crippen LogP contribution in [0.25, 0.3) is 0 Å². The van der Waals surface area contributed by atoms with E-state index in [4.69, 9.17) is 0 Å². The van der Waals surface area contributed by atoms with Crippen molar-refractivity contribution in [3.63, 3.8) is 0 Å². The van der Waals surface area contributed by atoms with Gasteiger partial charge in [0.15, 0.2) is 0 Å². The van der Waals surface area contributed by atoms with E-state index in [1.807, 2.05) is 0 Å². The molecule has 2 atom stereocenters. The van der Waals surface area contributed by atoms with Gasteiger partial charge in [-0.05, 0) is 40.3 Å². The quantitative estimate of drug-likeness (QED) is 0.203. The third kappa shape index (κ3) is 7.59. The minimum atomic E-state index is -1.96. The highest BCUT2D eigenvalue weighted by atomic mass is 30.2. The Hall–Kier alpha value is 1.74. The molecule has 2 unspecified atom stereocenters. The van der Waals surface area contributed by atoms with Gasteiger partial charge in [0.2, 0.25) is 0 Å². The maximum absolute atomic E-state index is 3.22. The van der Waals surface area contributed by atoms with Crippen LogP contribution in [0, 0.1) is 0 Å². The lowest BCUT2D eigenvalue weighted by Gasteiger charge is -2.74. The Morgan fingerprint density at radius 2 is 0.360 bits per heavy atom. The minimum absolute atomic E-state index is 0.368. The fourth-order valence-corrected chi connectivity index (χ4v) is 293. The van der Waals surface area contributed by atoms with Gasteiger partial charge in [-0.3, -0.25) is 0 Å². The van der Waals surface area contributed by atoms with Crippen LogP contribution in [0.5, 0.6) is 0 Å². The molecule has 300 valence electrons. The highest BCUT2D eigenvalue weighted by Crippen LogP contribution is 2.67. The Bertz CT molecular complexity index is 924. The van der Waals surface area contributed by atoms with E-state index < -0.39 is 59.3 Å². The smallest absolute Gasteiger partial charge is 0.0471 e. The van der Waals surface area contributed by atoms with Crippen molar-refractivity contribution in [3.8, 4) is 0 Å². The average molecular weight is 830 g/mol. The summed E-state index contributed by atoms with van der Waals surface area (Å²) >= 11 is 0. The van der Waals surface area contributed by atoms with Gasteiger partial charge in [0, 0.05) is 59.3 Å². The maximum atomic E-state index is 3.22. The first-order valence-corrected chi connectivity index (χ1v) is 46.3. The van der Waals surface area contributed by atoms with Crippen LogP contribution in [0.1, 0.15) is 180 Å². The first kappa shape index (κ1) is 51.7. The Morgan fingerprint density at radius 3 is 0.420 bits per heavy atom. The Morgan fingerprint density at radius 1 is 0.260 bits per heavy atom. The summed E-state index contributed by atoms with van der Waals surface area (Å²) in [6.07, 6.45) is 0. The summed E-state index contributed by atoms with van der Waals surface area (Å²) in [5, 5.41) is 2.95. The molecule has 50 heavy (non-hydrogen) atoms. The molecule has 0 N–H and O–H groups in total. The number of rotatable bonds is 9. The summed E-state index contributed by atoms with van der Waals surface area (Å²) in [7, 11) is -13.3. The molecule has 0 bridgehead atoms. The van der Waals surface area contributed by atoms with Gasteiger partial charge in [-0.1, -0.05) is 231 Å². The van der Waals surface area contributed by atoms with E-state index in [2.05, 4.69) is 219 Å². The van der Waals surface area contributed by atoms with Crippen molar-refractivity contribution < 1.29 is 0 Å². The van der Waals surface area contributed by atoms with Crippen molar-refractivity contribution in [1.29, 1.82) is 0 Å². The molecule has 0 aliphatic carbocycles. The molecule has 0 heterocycles. The van der Waals surface area contributed by atoms with E-state index in [1.54, 1.807) is 0 Å². The topological polar surface area (TPSA) is 0 Å².